The number of ether oxygens (including phenoxy) is 1. The topological polar surface area (TPSA) is 79.4 Å². The summed E-state index contributed by atoms with van der Waals surface area (Å²) in [6.45, 7) is 3.03. The monoisotopic (exact) mass is 381 g/mol. The van der Waals surface area contributed by atoms with Crippen LogP contribution in [0.5, 0.6) is 0 Å². The molecule has 7 heteroatoms. The molecule has 7 nitrogen and oxygen atoms in total. The predicted molar refractivity (Wildman–Crippen MR) is 110 cm³/mol. The first-order valence-electron chi connectivity index (χ1n) is 10.1. The molecule has 2 fully saturated rings. The van der Waals surface area contributed by atoms with Crippen molar-refractivity contribution in [3.05, 3.63) is 42.2 Å². The van der Waals surface area contributed by atoms with E-state index in [-0.39, 0.29) is 5.91 Å². The van der Waals surface area contributed by atoms with E-state index in [2.05, 4.69) is 25.5 Å². The fraction of sp³-hybridized carbons (Fsp3) is 0.476. The Morgan fingerprint density at radius 1 is 1.04 bits per heavy atom. The van der Waals surface area contributed by atoms with Crippen molar-refractivity contribution >= 4 is 23.2 Å². The van der Waals surface area contributed by atoms with Gasteiger partial charge >= 0.3 is 0 Å². The van der Waals surface area contributed by atoms with Crippen molar-refractivity contribution in [1.82, 2.24) is 9.97 Å². The van der Waals surface area contributed by atoms with Gasteiger partial charge in [-0.15, -0.1) is 0 Å². The van der Waals surface area contributed by atoms with Gasteiger partial charge in [0.25, 0.3) is 5.91 Å². The van der Waals surface area contributed by atoms with Gasteiger partial charge in [0.2, 0.25) is 5.95 Å². The van der Waals surface area contributed by atoms with E-state index in [1.54, 1.807) is 12.4 Å². The number of benzene rings is 1. The zero-order chi connectivity index (χ0) is 19.2. The van der Waals surface area contributed by atoms with Gasteiger partial charge in [-0.3, -0.25) is 4.79 Å². The van der Waals surface area contributed by atoms with Gasteiger partial charge < -0.3 is 20.3 Å². The molecule has 2 aliphatic rings. The second-order valence-corrected chi connectivity index (χ2v) is 7.35. The van der Waals surface area contributed by atoms with Gasteiger partial charge in [0, 0.05) is 31.5 Å². The summed E-state index contributed by atoms with van der Waals surface area (Å²) < 4.78 is 5.43. The Hall–Kier alpha value is -2.67. The van der Waals surface area contributed by atoms with Gasteiger partial charge in [0.05, 0.1) is 30.2 Å². The van der Waals surface area contributed by atoms with Crippen LogP contribution < -0.4 is 15.5 Å². The van der Waals surface area contributed by atoms with Crippen LogP contribution in [0.25, 0.3) is 0 Å². The van der Waals surface area contributed by atoms with E-state index in [0.717, 1.165) is 37.3 Å². The molecule has 1 amide bonds. The molecule has 0 atom stereocenters. The predicted octanol–water partition coefficient (Wildman–Crippen LogP) is 3.31. The zero-order valence-electron chi connectivity index (χ0n) is 16.1. The summed E-state index contributed by atoms with van der Waals surface area (Å²) in [5.74, 6) is 0.391. The van der Waals surface area contributed by atoms with E-state index < -0.39 is 0 Å². The second-order valence-electron chi connectivity index (χ2n) is 7.35. The quantitative estimate of drug-likeness (QED) is 0.827. The minimum Gasteiger partial charge on any atom is -0.378 e. The summed E-state index contributed by atoms with van der Waals surface area (Å²) in [5, 5.41) is 6.38. The Labute approximate surface area is 165 Å². The molecule has 148 valence electrons. The molecule has 1 saturated heterocycles. The van der Waals surface area contributed by atoms with Crippen LogP contribution in [-0.4, -0.2) is 48.2 Å². The standard InChI is InChI=1S/C21H27N5O2/c27-20(16-14-22-21(23-15-16)24-17-6-2-1-3-7-17)25-18-8-4-5-9-19(18)26-10-12-28-13-11-26/h4-5,8-9,14-15,17H,1-3,6-7,10-13H2,(H,25,27)(H,22,23,24). The summed E-state index contributed by atoms with van der Waals surface area (Å²) >= 11 is 0. The van der Waals surface area contributed by atoms with Crippen LogP contribution in [0.2, 0.25) is 0 Å². The van der Waals surface area contributed by atoms with E-state index >= 15 is 0 Å². The Morgan fingerprint density at radius 2 is 1.75 bits per heavy atom. The lowest BCUT2D eigenvalue weighted by molar-refractivity contribution is 0.102. The summed E-state index contributed by atoms with van der Waals surface area (Å²) in [6.07, 6.45) is 9.30. The Bertz CT molecular complexity index is 784. The number of nitrogens with zero attached hydrogens (tertiary/aromatic N) is 3. The number of hydrogen-bond acceptors (Lipinski definition) is 6. The molecular weight excluding hydrogens is 354 g/mol. The summed E-state index contributed by atoms with van der Waals surface area (Å²) in [7, 11) is 0. The van der Waals surface area contributed by atoms with E-state index in [9.17, 15) is 4.79 Å². The molecule has 0 bridgehead atoms. The van der Waals surface area contributed by atoms with Crippen molar-refractivity contribution in [2.75, 3.05) is 41.8 Å². The highest BCUT2D eigenvalue weighted by molar-refractivity contribution is 6.05. The number of anilines is 3. The molecule has 4 rings (SSSR count). The van der Waals surface area contributed by atoms with Crippen LogP contribution >= 0.6 is 0 Å². The summed E-state index contributed by atoms with van der Waals surface area (Å²) in [6, 6.07) is 8.29. The summed E-state index contributed by atoms with van der Waals surface area (Å²) in [4.78, 5) is 23.6. The van der Waals surface area contributed by atoms with E-state index in [1.165, 1.54) is 19.3 Å². The van der Waals surface area contributed by atoms with Gasteiger partial charge in [-0.1, -0.05) is 31.4 Å². The maximum Gasteiger partial charge on any atom is 0.258 e. The molecule has 2 heterocycles. The van der Waals surface area contributed by atoms with Crippen molar-refractivity contribution in [1.29, 1.82) is 0 Å². The van der Waals surface area contributed by atoms with Gasteiger partial charge in [0.1, 0.15) is 0 Å². The molecule has 0 unspecified atom stereocenters. The van der Waals surface area contributed by atoms with E-state index in [0.29, 0.717) is 30.8 Å². The summed E-state index contributed by atoms with van der Waals surface area (Å²) in [5.41, 5.74) is 2.25. The number of morpholine rings is 1. The third-order valence-corrected chi connectivity index (χ3v) is 5.36. The normalized spacial score (nSPS) is 17.9. The fourth-order valence-corrected chi connectivity index (χ4v) is 3.80. The number of nitrogens with one attached hydrogen (secondary N) is 2. The van der Waals surface area contributed by atoms with E-state index in [1.807, 2.05) is 24.3 Å². The number of amides is 1. The average molecular weight is 381 g/mol. The first kappa shape index (κ1) is 18.7. The van der Waals surface area contributed by atoms with Crippen LogP contribution in [0.15, 0.2) is 36.7 Å². The Balaban J connectivity index is 1.41. The largest absolute Gasteiger partial charge is 0.378 e. The Kier molecular flexibility index (Phi) is 6.01. The van der Waals surface area contributed by atoms with Crippen LogP contribution in [0.4, 0.5) is 17.3 Å². The first-order valence-corrected chi connectivity index (χ1v) is 10.1. The molecule has 1 aliphatic carbocycles. The minimum absolute atomic E-state index is 0.204. The van der Waals surface area contributed by atoms with Crippen molar-refractivity contribution in [3.63, 3.8) is 0 Å². The average Bonchev–Trinajstić information content (AvgIpc) is 2.76. The molecule has 0 spiro atoms. The SMILES string of the molecule is O=C(Nc1ccccc1N1CCOCC1)c1cnc(NC2CCCCC2)nc1. The minimum atomic E-state index is -0.204. The van der Waals surface area contributed by atoms with E-state index in [4.69, 9.17) is 4.74 Å². The number of para-hydroxylation sites is 2. The molecule has 2 N–H and O–H groups in total. The number of rotatable bonds is 5. The van der Waals surface area contributed by atoms with Crippen molar-refractivity contribution < 1.29 is 9.53 Å². The maximum atomic E-state index is 12.7. The molecule has 0 radical (unpaired) electrons. The van der Waals surface area contributed by atoms with Gasteiger partial charge in [0.15, 0.2) is 0 Å². The fourth-order valence-electron chi connectivity index (χ4n) is 3.80. The molecule has 1 aromatic heterocycles. The molecular formula is C21H27N5O2. The highest BCUT2D eigenvalue weighted by Crippen LogP contribution is 2.27. The highest BCUT2D eigenvalue weighted by Gasteiger charge is 2.17. The van der Waals surface area contributed by atoms with Gasteiger partial charge in [-0.25, -0.2) is 9.97 Å². The van der Waals surface area contributed by atoms with Gasteiger partial charge in [-0.05, 0) is 25.0 Å². The lowest BCUT2D eigenvalue weighted by atomic mass is 9.96. The molecule has 1 aromatic carbocycles. The molecule has 1 aliphatic heterocycles. The second kappa shape index (κ2) is 9.01. The van der Waals surface area contributed by atoms with Gasteiger partial charge in [-0.2, -0.15) is 0 Å². The number of hydrogen-bond donors (Lipinski definition) is 2. The van der Waals surface area contributed by atoms with Crippen LogP contribution in [0.3, 0.4) is 0 Å². The first-order chi connectivity index (χ1) is 13.8. The molecule has 2 aromatic rings. The third-order valence-electron chi connectivity index (χ3n) is 5.36. The van der Waals surface area contributed by atoms with Crippen molar-refractivity contribution in [3.8, 4) is 0 Å². The van der Waals surface area contributed by atoms with Crippen molar-refractivity contribution in [2.24, 2.45) is 0 Å². The number of carbonyl (C=O) groups excluding carboxylic acids is 1. The van der Waals surface area contributed by atoms with Crippen LogP contribution in [0, 0.1) is 0 Å². The zero-order valence-corrected chi connectivity index (χ0v) is 16.1. The highest BCUT2D eigenvalue weighted by atomic mass is 16.5. The lowest BCUT2D eigenvalue weighted by Crippen LogP contribution is -2.36. The van der Waals surface area contributed by atoms with Crippen molar-refractivity contribution in [2.45, 2.75) is 38.1 Å². The maximum absolute atomic E-state index is 12.7. The molecule has 28 heavy (non-hydrogen) atoms. The Morgan fingerprint density at radius 3 is 2.50 bits per heavy atom. The molecule has 1 saturated carbocycles. The number of carbonyl (C=O) groups is 1. The smallest absolute Gasteiger partial charge is 0.258 e. The van der Waals surface area contributed by atoms with Crippen LogP contribution in [0.1, 0.15) is 42.5 Å². The number of aromatic nitrogens is 2. The lowest BCUT2D eigenvalue weighted by Gasteiger charge is -2.30. The third kappa shape index (κ3) is 4.59. The van der Waals surface area contributed by atoms with Crippen LogP contribution in [-0.2, 0) is 4.74 Å².